The van der Waals surface area contributed by atoms with Gasteiger partial charge in [-0.15, -0.1) is 0 Å². The molecule has 0 aliphatic carbocycles. The maximum absolute atomic E-state index is 2.40. The largest absolute Gasteiger partial charge is 0.243 e. The first kappa shape index (κ1) is 25.2. The van der Waals surface area contributed by atoms with Crippen LogP contribution < -0.4 is 4.57 Å². The average molecular weight is 392 g/mol. The monoisotopic (exact) mass is 391 g/mol. The van der Waals surface area contributed by atoms with Gasteiger partial charge in [0.2, 0.25) is 6.33 Å². The second kappa shape index (κ2) is 18.3. The Morgan fingerprint density at radius 1 is 0.643 bits per heavy atom. The average Bonchev–Trinajstić information content (AvgIpc) is 3.17. The molecule has 0 saturated heterocycles. The fraction of sp³-hybridized carbons (Fsp3) is 0.885. The van der Waals surface area contributed by atoms with Crippen molar-refractivity contribution in [3.8, 4) is 0 Å². The minimum absolute atomic E-state index is 0.643. The van der Waals surface area contributed by atoms with E-state index in [1.165, 1.54) is 122 Å². The summed E-state index contributed by atoms with van der Waals surface area (Å²) in [5.74, 6) is 0. The molecule has 1 rings (SSSR count). The van der Waals surface area contributed by atoms with Crippen LogP contribution in [0.1, 0.15) is 142 Å². The molecule has 0 aromatic carbocycles. The van der Waals surface area contributed by atoms with Gasteiger partial charge >= 0.3 is 0 Å². The van der Waals surface area contributed by atoms with Crippen molar-refractivity contribution in [3.05, 3.63) is 18.7 Å². The minimum atomic E-state index is 0.643. The molecule has 0 radical (unpaired) electrons. The van der Waals surface area contributed by atoms with E-state index in [0.29, 0.717) is 6.04 Å². The van der Waals surface area contributed by atoms with Gasteiger partial charge in [-0.3, -0.25) is 0 Å². The van der Waals surface area contributed by atoms with Gasteiger partial charge in [-0.1, -0.05) is 104 Å². The highest BCUT2D eigenvalue weighted by molar-refractivity contribution is 4.72. The third-order valence-electron chi connectivity index (χ3n) is 6.22. The summed E-state index contributed by atoms with van der Waals surface area (Å²) < 4.78 is 4.79. The van der Waals surface area contributed by atoms with Crippen LogP contribution in [0.5, 0.6) is 0 Å². The second-order valence-electron chi connectivity index (χ2n) is 9.04. The fourth-order valence-corrected chi connectivity index (χ4v) is 4.13. The molecule has 0 amide bonds. The molecule has 164 valence electrons. The van der Waals surface area contributed by atoms with Gasteiger partial charge < -0.3 is 0 Å². The summed E-state index contributed by atoms with van der Waals surface area (Å²) in [4.78, 5) is 0. The summed E-state index contributed by atoms with van der Waals surface area (Å²) in [7, 11) is 0. The predicted octanol–water partition coefficient (Wildman–Crippen LogP) is 8.40. The molecule has 0 aliphatic heterocycles. The van der Waals surface area contributed by atoms with Crippen LogP contribution in [-0.2, 0) is 6.54 Å². The fourth-order valence-electron chi connectivity index (χ4n) is 4.13. The molecule has 2 nitrogen and oxygen atoms in total. The Morgan fingerprint density at radius 3 is 1.64 bits per heavy atom. The van der Waals surface area contributed by atoms with Crippen molar-refractivity contribution in [1.29, 1.82) is 0 Å². The zero-order chi connectivity index (χ0) is 20.3. The first-order valence-electron chi connectivity index (χ1n) is 12.8. The van der Waals surface area contributed by atoms with Crippen LogP contribution in [0.4, 0.5) is 0 Å². The van der Waals surface area contributed by atoms with Crippen molar-refractivity contribution in [2.24, 2.45) is 0 Å². The topological polar surface area (TPSA) is 8.81 Å². The van der Waals surface area contributed by atoms with E-state index in [0.717, 1.165) is 0 Å². The van der Waals surface area contributed by atoms with E-state index in [2.05, 4.69) is 48.6 Å². The van der Waals surface area contributed by atoms with E-state index in [4.69, 9.17) is 0 Å². The van der Waals surface area contributed by atoms with Crippen LogP contribution in [0.15, 0.2) is 18.7 Å². The van der Waals surface area contributed by atoms with Crippen molar-refractivity contribution >= 4 is 0 Å². The first-order chi connectivity index (χ1) is 13.8. The van der Waals surface area contributed by atoms with Gasteiger partial charge in [0.05, 0.1) is 12.6 Å². The standard InChI is InChI=1S/C26H51N2/c1-4-6-8-9-10-11-12-13-14-15-16-17-18-20-22-27-23-24-28(25-27)26(3)21-19-7-5-2/h23-26H,4-22H2,1-3H3/q+1. The van der Waals surface area contributed by atoms with E-state index in [9.17, 15) is 0 Å². The number of aryl methyl sites for hydroxylation is 1. The lowest BCUT2D eigenvalue weighted by molar-refractivity contribution is -0.697. The Hall–Kier alpha value is -0.790. The second-order valence-corrected chi connectivity index (χ2v) is 9.04. The van der Waals surface area contributed by atoms with Crippen LogP contribution in [0.25, 0.3) is 0 Å². The number of hydrogen-bond acceptors (Lipinski definition) is 0. The van der Waals surface area contributed by atoms with Gasteiger partial charge in [0, 0.05) is 0 Å². The Labute approximate surface area is 177 Å². The maximum Gasteiger partial charge on any atom is 0.243 e. The summed E-state index contributed by atoms with van der Waals surface area (Å²) >= 11 is 0. The van der Waals surface area contributed by atoms with E-state index in [1.54, 1.807) is 0 Å². The molecule has 1 aromatic rings. The molecule has 0 N–H and O–H groups in total. The molecule has 0 bridgehead atoms. The van der Waals surface area contributed by atoms with Gasteiger partial charge in [-0.2, -0.15) is 0 Å². The third kappa shape index (κ3) is 13.4. The summed E-state index contributed by atoms with van der Waals surface area (Å²) in [5, 5.41) is 0. The SMILES string of the molecule is CCCCCCCCCCCCCCCC[n+]1ccn(C(C)CCCCC)c1. The summed E-state index contributed by atoms with van der Waals surface area (Å²) in [6.07, 6.45) is 32.3. The van der Waals surface area contributed by atoms with Gasteiger partial charge in [0.15, 0.2) is 0 Å². The molecule has 1 aromatic heterocycles. The van der Waals surface area contributed by atoms with Gasteiger partial charge in [-0.05, 0) is 32.6 Å². The molecule has 0 fully saturated rings. The van der Waals surface area contributed by atoms with E-state index >= 15 is 0 Å². The molecule has 1 unspecified atom stereocenters. The van der Waals surface area contributed by atoms with Crippen LogP contribution in [0, 0.1) is 0 Å². The van der Waals surface area contributed by atoms with E-state index in [-0.39, 0.29) is 0 Å². The highest BCUT2D eigenvalue weighted by atomic mass is 15.1. The first-order valence-corrected chi connectivity index (χ1v) is 12.8. The Morgan fingerprint density at radius 2 is 1.11 bits per heavy atom. The quantitative estimate of drug-likeness (QED) is 0.156. The maximum atomic E-state index is 2.40. The van der Waals surface area contributed by atoms with Crippen LogP contribution in [0.3, 0.4) is 0 Å². The van der Waals surface area contributed by atoms with Crippen molar-refractivity contribution in [2.45, 2.75) is 149 Å². The molecule has 1 heterocycles. The number of hydrogen-bond donors (Lipinski definition) is 0. The zero-order valence-electron chi connectivity index (χ0n) is 19.6. The number of rotatable bonds is 20. The zero-order valence-corrected chi connectivity index (χ0v) is 19.6. The Kier molecular flexibility index (Phi) is 16.5. The lowest BCUT2D eigenvalue weighted by Crippen LogP contribution is -2.31. The van der Waals surface area contributed by atoms with Gasteiger partial charge in [0.25, 0.3) is 0 Å². The Bertz CT molecular complexity index is 437. The molecule has 28 heavy (non-hydrogen) atoms. The molecule has 1 atom stereocenters. The molecule has 2 heteroatoms. The number of aromatic nitrogens is 2. The Balaban J connectivity index is 1.90. The van der Waals surface area contributed by atoms with Gasteiger partial charge in [0.1, 0.15) is 12.4 Å². The van der Waals surface area contributed by atoms with E-state index in [1.807, 2.05) is 0 Å². The van der Waals surface area contributed by atoms with Crippen molar-refractivity contribution in [2.75, 3.05) is 0 Å². The van der Waals surface area contributed by atoms with Crippen molar-refractivity contribution in [3.63, 3.8) is 0 Å². The normalized spacial score (nSPS) is 12.5. The van der Waals surface area contributed by atoms with Crippen LogP contribution in [-0.4, -0.2) is 4.57 Å². The molecular formula is C26H51N2+. The highest BCUT2D eigenvalue weighted by Gasteiger charge is 2.11. The highest BCUT2D eigenvalue weighted by Crippen LogP contribution is 2.15. The number of unbranched alkanes of at least 4 members (excludes halogenated alkanes) is 15. The predicted molar refractivity (Wildman–Crippen MR) is 124 cm³/mol. The number of nitrogens with zero attached hydrogens (tertiary/aromatic N) is 2. The minimum Gasteiger partial charge on any atom is -0.237 e. The van der Waals surface area contributed by atoms with E-state index < -0.39 is 0 Å². The summed E-state index contributed by atoms with van der Waals surface area (Å²) in [5.41, 5.74) is 0. The molecular weight excluding hydrogens is 340 g/mol. The summed E-state index contributed by atoms with van der Waals surface area (Å²) in [6, 6.07) is 0.643. The smallest absolute Gasteiger partial charge is 0.237 e. The van der Waals surface area contributed by atoms with Gasteiger partial charge in [-0.25, -0.2) is 9.13 Å². The molecule has 0 saturated carbocycles. The van der Waals surface area contributed by atoms with Crippen LogP contribution >= 0.6 is 0 Å². The van der Waals surface area contributed by atoms with Crippen molar-refractivity contribution in [1.82, 2.24) is 4.57 Å². The molecule has 0 spiro atoms. The van der Waals surface area contributed by atoms with Crippen molar-refractivity contribution < 1.29 is 4.57 Å². The molecule has 0 aliphatic rings. The number of imidazole rings is 1. The summed E-state index contributed by atoms with van der Waals surface area (Å²) in [6.45, 7) is 8.12. The lowest BCUT2D eigenvalue weighted by Gasteiger charge is -2.06. The van der Waals surface area contributed by atoms with Crippen LogP contribution in [0.2, 0.25) is 0 Å². The third-order valence-corrected chi connectivity index (χ3v) is 6.22. The lowest BCUT2D eigenvalue weighted by atomic mass is 10.0.